The molecule has 1 atom stereocenters. The third-order valence-corrected chi connectivity index (χ3v) is 3.49. The van der Waals surface area contributed by atoms with Crippen molar-refractivity contribution < 1.29 is 13.9 Å². The number of amides is 1. The van der Waals surface area contributed by atoms with Crippen molar-refractivity contribution in [2.75, 3.05) is 30.9 Å². The average molecular weight is 299 g/mol. The van der Waals surface area contributed by atoms with Gasteiger partial charge >= 0.3 is 0 Å². The molecule has 0 saturated heterocycles. The molecule has 0 aliphatic heterocycles. The Kier molecular flexibility index (Phi) is 6.10. The summed E-state index contributed by atoms with van der Waals surface area (Å²) in [5.41, 5.74) is 0.607. The van der Waals surface area contributed by atoms with Crippen molar-refractivity contribution in [1.29, 1.82) is 0 Å². The van der Waals surface area contributed by atoms with E-state index in [1.807, 2.05) is 0 Å². The number of anilines is 1. The van der Waals surface area contributed by atoms with Gasteiger partial charge in [-0.2, -0.15) is 0 Å². The lowest BCUT2D eigenvalue weighted by atomic mass is 10.1. The Bertz CT molecular complexity index is 533. The Morgan fingerprint density at radius 1 is 1.45 bits per heavy atom. The molecule has 0 aliphatic carbocycles. The molecule has 0 saturated carbocycles. The number of nitro groups is 1. The topological polar surface area (TPSA) is 101 Å². The molecule has 1 aromatic rings. The van der Waals surface area contributed by atoms with Crippen LogP contribution in [0.3, 0.4) is 0 Å². The van der Waals surface area contributed by atoms with Crippen LogP contribution < -0.4 is 10.6 Å². The van der Waals surface area contributed by atoms with Crippen molar-refractivity contribution >= 4 is 28.1 Å². The predicted octanol–water partition coefficient (Wildman–Crippen LogP) is 1.13. The Labute approximate surface area is 119 Å². The van der Waals surface area contributed by atoms with Gasteiger partial charge in [0.1, 0.15) is 0 Å². The van der Waals surface area contributed by atoms with E-state index in [0.29, 0.717) is 24.4 Å². The Balaban J connectivity index is 2.77. The maximum absolute atomic E-state index is 12.0. The molecule has 0 radical (unpaired) electrons. The summed E-state index contributed by atoms with van der Waals surface area (Å²) in [6.07, 6.45) is 2.19. The largest absolute Gasteiger partial charge is 0.387 e. The number of hydrogen-bond acceptors (Lipinski definition) is 5. The van der Waals surface area contributed by atoms with E-state index in [-0.39, 0.29) is 17.2 Å². The van der Waals surface area contributed by atoms with Crippen LogP contribution in [0.2, 0.25) is 0 Å². The fourth-order valence-corrected chi connectivity index (χ4v) is 2.18. The molecule has 0 fully saturated rings. The quantitative estimate of drug-likeness (QED) is 0.446. The molecule has 110 valence electrons. The van der Waals surface area contributed by atoms with Crippen LogP contribution in [0.4, 0.5) is 11.4 Å². The molecule has 1 aromatic carbocycles. The van der Waals surface area contributed by atoms with E-state index < -0.39 is 15.7 Å². The number of nitrogens with one attached hydrogen (secondary N) is 2. The Morgan fingerprint density at radius 3 is 2.70 bits per heavy atom. The van der Waals surface area contributed by atoms with Crippen molar-refractivity contribution in [3.05, 3.63) is 33.9 Å². The number of carbonyl (C=O) groups is 1. The van der Waals surface area contributed by atoms with Crippen LogP contribution in [0.15, 0.2) is 18.2 Å². The molecule has 2 N–H and O–H groups in total. The number of nitrogens with zero attached hydrogens (tertiary/aromatic N) is 1. The van der Waals surface area contributed by atoms with Crippen molar-refractivity contribution in [3.8, 4) is 0 Å². The molecule has 7 nitrogen and oxygen atoms in total. The molecule has 1 amide bonds. The summed E-state index contributed by atoms with van der Waals surface area (Å²) in [6.45, 7) is 0.379. The first-order valence-electron chi connectivity index (χ1n) is 6.00. The molecule has 0 bridgehead atoms. The Morgan fingerprint density at radius 2 is 2.15 bits per heavy atom. The highest BCUT2D eigenvalue weighted by Gasteiger charge is 2.15. The molecule has 0 aliphatic rings. The molecule has 1 rings (SSSR count). The van der Waals surface area contributed by atoms with E-state index in [4.69, 9.17) is 0 Å². The van der Waals surface area contributed by atoms with Gasteiger partial charge < -0.3 is 10.6 Å². The van der Waals surface area contributed by atoms with Crippen LogP contribution in [0.5, 0.6) is 0 Å². The van der Waals surface area contributed by atoms with Gasteiger partial charge in [0.2, 0.25) is 0 Å². The van der Waals surface area contributed by atoms with Crippen molar-refractivity contribution in [3.63, 3.8) is 0 Å². The highest BCUT2D eigenvalue weighted by atomic mass is 32.2. The lowest BCUT2D eigenvalue weighted by Crippen LogP contribution is -2.26. The van der Waals surface area contributed by atoms with Gasteiger partial charge in [0.25, 0.3) is 11.6 Å². The van der Waals surface area contributed by atoms with Gasteiger partial charge in [-0.1, -0.05) is 0 Å². The van der Waals surface area contributed by atoms with Crippen molar-refractivity contribution in [2.24, 2.45) is 0 Å². The van der Waals surface area contributed by atoms with Crippen LogP contribution in [-0.4, -0.2) is 40.6 Å². The summed E-state index contributed by atoms with van der Waals surface area (Å²) < 4.78 is 10.9. The van der Waals surface area contributed by atoms with Gasteiger partial charge in [-0.15, -0.1) is 0 Å². The number of nitro benzene ring substituents is 1. The second-order valence-electron chi connectivity index (χ2n) is 4.12. The second-order valence-corrected chi connectivity index (χ2v) is 5.68. The van der Waals surface area contributed by atoms with Crippen LogP contribution in [-0.2, 0) is 10.8 Å². The van der Waals surface area contributed by atoms with E-state index in [2.05, 4.69) is 10.6 Å². The molecule has 0 heterocycles. The fourth-order valence-electron chi connectivity index (χ4n) is 1.62. The summed E-state index contributed by atoms with van der Waals surface area (Å²) in [6, 6.07) is 4.07. The standard InChI is InChI=1S/C12H17N3O4S/c1-13-11-5-4-9(15(17)18)8-10(11)12(16)14-6-3-7-20(2)19/h4-5,8,13H,3,6-7H2,1-2H3,(H,14,16). The lowest BCUT2D eigenvalue weighted by molar-refractivity contribution is -0.384. The monoisotopic (exact) mass is 299 g/mol. The van der Waals surface area contributed by atoms with Crippen LogP contribution in [0.25, 0.3) is 0 Å². The minimum Gasteiger partial charge on any atom is -0.387 e. The molecule has 8 heteroatoms. The average Bonchev–Trinajstić information content (AvgIpc) is 2.42. The SMILES string of the molecule is CNc1ccc([N+](=O)[O-])cc1C(=O)NCCCS(C)=O. The number of benzene rings is 1. The highest BCUT2D eigenvalue weighted by Crippen LogP contribution is 2.21. The summed E-state index contributed by atoms with van der Waals surface area (Å²) in [7, 11) is 0.744. The van der Waals surface area contributed by atoms with E-state index in [1.54, 1.807) is 13.3 Å². The zero-order valence-corrected chi connectivity index (χ0v) is 12.2. The first kappa shape index (κ1) is 16.1. The Hall–Kier alpha value is -1.96. The summed E-state index contributed by atoms with van der Waals surface area (Å²) in [4.78, 5) is 22.2. The number of carbonyl (C=O) groups excluding carboxylic acids is 1. The zero-order valence-electron chi connectivity index (χ0n) is 11.3. The molecular weight excluding hydrogens is 282 g/mol. The third kappa shape index (κ3) is 4.61. The third-order valence-electron chi connectivity index (χ3n) is 2.62. The lowest BCUT2D eigenvalue weighted by Gasteiger charge is -2.09. The normalized spacial score (nSPS) is 11.7. The first-order chi connectivity index (χ1) is 9.45. The smallest absolute Gasteiger partial charge is 0.270 e. The summed E-state index contributed by atoms with van der Waals surface area (Å²) in [5.74, 6) is 0.119. The van der Waals surface area contributed by atoms with E-state index in [9.17, 15) is 19.1 Å². The van der Waals surface area contributed by atoms with Crippen molar-refractivity contribution in [2.45, 2.75) is 6.42 Å². The van der Waals surface area contributed by atoms with Gasteiger partial charge in [0, 0.05) is 54.2 Å². The number of hydrogen-bond donors (Lipinski definition) is 2. The highest BCUT2D eigenvalue weighted by molar-refractivity contribution is 7.84. The van der Waals surface area contributed by atoms with Gasteiger partial charge in [-0.3, -0.25) is 19.1 Å². The fraction of sp³-hybridized carbons (Fsp3) is 0.417. The van der Waals surface area contributed by atoms with E-state index in [1.165, 1.54) is 18.2 Å². The van der Waals surface area contributed by atoms with Crippen LogP contribution in [0, 0.1) is 10.1 Å². The van der Waals surface area contributed by atoms with Gasteiger partial charge in [0.05, 0.1) is 10.5 Å². The van der Waals surface area contributed by atoms with Crippen molar-refractivity contribution in [1.82, 2.24) is 5.32 Å². The zero-order chi connectivity index (χ0) is 15.1. The molecule has 0 aromatic heterocycles. The molecule has 20 heavy (non-hydrogen) atoms. The summed E-state index contributed by atoms with van der Waals surface area (Å²) >= 11 is 0. The summed E-state index contributed by atoms with van der Waals surface area (Å²) in [5, 5.41) is 16.2. The predicted molar refractivity (Wildman–Crippen MR) is 78.5 cm³/mol. The van der Waals surface area contributed by atoms with Gasteiger partial charge in [-0.05, 0) is 12.5 Å². The molecule has 0 spiro atoms. The minimum absolute atomic E-state index is 0.135. The van der Waals surface area contributed by atoms with E-state index >= 15 is 0 Å². The maximum atomic E-state index is 12.0. The maximum Gasteiger partial charge on any atom is 0.270 e. The first-order valence-corrected chi connectivity index (χ1v) is 7.73. The van der Waals surface area contributed by atoms with Gasteiger partial charge in [0.15, 0.2) is 0 Å². The number of rotatable bonds is 7. The van der Waals surface area contributed by atoms with Gasteiger partial charge in [-0.25, -0.2) is 0 Å². The van der Waals surface area contributed by atoms with Crippen LogP contribution in [0.1, 0.15) is 16.8 Å². The minimum atomic E-state index is -0.894. The number of non-ortho nitro benzene ring substituents is 1. The molecular formula is C12H17N3O4S. The molecule has 1 unspecified atom stereocenters. The van der Waals surface area contributed by atoms with Crippen LogP contribution >= 0.6 is 0 Å². The second kappa shape index (κ2) is 7.59. The van der Waals surface area contributed by atoms with E-state index in [0.717, 1.165) is 0 Å².